The van der Waals surface area contributed by atoms with Crippen molar-refractivity contribution in [3.8, 4) is 23.2 Å². The molecule has 5 aromatic rings. The van der Waals surface area contributed by atoms with E-state index in [1.807, 2.05) is 22.4 Å². The van der Waals surface area contributed by atoms with E-state index in [2.05, 4.69) is 4.98 Å². The van der Waals surface area contributed by atoms with Crippen LogP contribution in [-0.2, 0) is 19.6 Å². The van der Waals surface area contributed by atoms with E-state index in [0.717, 1.165) is 23.8 Å². The molecule has 0 saturated carbocycles. The molecule has 1 aliphatic heterocycles. The van der Waals surface area contributed by atoms with E-state index in [0.29, 0.717) is 40.0 Å². The van der Waals surface area contributed by atoms with Crippen LogP contribution in [0.3, 0.4) is 0 Å². The minimum atomic E-state index is -1.00. The first-order valence-electron chi connectivity index (χ1n) is 13.3. The number of nitriles is 1. The van der Waals surface area contributed by atoms with E-state index >= 15 is 4.39 Å². The second kappa shape index (κ2) is 11.6. The van der Waals surface area contributed by atoms with Crippen molar-refractivity contribution in [2.24, 2.45) is 0 Å². The fourth-order valence-electron chi connectivity index (χ4n) is 4.84. The van der Waals surface area contributed by atoms with Crippen molar-refractivity contribution in [1.29, 1.82) is 5.26 Å². The number of aromatic carboxylic acids is 1. The van der Waals surface area contributed by atoms with Crippen molar-refractivity contribution >= 4 is 28.8 Å². The first-order valence-corrected chi connectivity index (χ1v) is 14.3. The van der Waals surface area contributed by atoms with Crippen LogP contribution in [-0.4, -0.2) is 36.6 Å². The highest BCUT2D eigenvalue weighted by molar-refractivity contribution is 8.01. The van der Waals surface area contributed by atoms with Gasteiger partial charge >= 0.3 is 5.97 Å². The molecule has 0 aliphatic carbocycles. The Balaban J connectivity index is 1.23. The molecule has 0 radical (unpaired) electrons. The number of imidazole rings is 1. The molecule has 2 aromatic heterocycles. The normalized spacial score (nSPS) is 14.4. The zero-order valence-electron chi connectivity index (χ0n) is 22.3. The molecule has 210 valence electrons. The molecule has 10 heteroatoms. The molecular formula is C32H24F2N4O3S. The van der Waals surface area contributed by atoms with Crippen molar-refractivity contribution in [3.63, 3.8) is 0 Å². The number of hydrogen-bond acceptors (Lipinski definition) is 6. The maximum absolute atomic E-state index is 15.5. The molecule has 7 nitrogen and oxygen atoms in total. The molecule has 0 amide bonds. The Hall–Kier alpha value is -4.75. The molecule has 1 N–H and O–H groups in total. The highest BCUT2D eigenvalue weighted by Crippen LogP contribution is 2.32. The smallest absolute Gasteiger partial charge is 0.335 e. The van der Waals surface area contributed by atoms with Crippen LogP contribution in [0.15, 0.2) is 72.8 Å². The summed E-state index contributed by atoms with van der Waals surface area (Å²) in [6.07, 6.45) is 1.32. The Morgan fingerprint density at radius 1 is 1.05 bits per heavy atom. The van der Waals surface area contributed by atoms with Gasteiger partial charge in [0.25, 0.3) is 0 Å². The molecule has 1 unspecified atom stereocenters. The molecule has 6 rings (SSSR count). The van der Waals surface area contributed by atoms with Gasteiger partial charge in [0.05, 0.1) is 33.9 Å². The minimum Gasteiger partial charge on any atom is -0.478 e. The van der Waals surface area contributed by atoms with Crippen LogP contribution in [0.2, 0.25) is 0 Å². The number of rotatable bonds is 9. The predicted molar refractivity (Wildman–Crippen MR) is 155 cm³/mol. The molecule has 1 fully saturated rings. The van der Waals surface area contributed by atoms with Gasteiger partial charge in [0.1, 0.15) is 24.1 Å². The molecule has 1 aliphatic rings. The van der Waals surface area contributed by atoms with Gasteiger partial charge in [-0.1, -0.05) is 24.3 Å². The quantitative estimate of drug-likeness (QED) is 0.208. The Morgan fingerprint density at radius 2 is 1.86 bits per heavy atom. The Morgan fingerprint density at radius 3 is 2.57 bits per heavy atom. The van der Waals surface area contributed by atoms with Crippen molar-refractivity contribution in [2.75, 3.05) is 5.75 Å². The summed E-state index contributed by atoms with van der Waals surface area (Å²) in [5.41, 5.74) is 3.62. The number of halogens is 2. The number of fused-ring (bicyclic) bond motifs is 1. The number of nitrogens with zero attached hydrogens (tertiary/aromatic N) is 4. The highest BCUT2D eigenvalue weighted by Gasteiger charge is 2.23. The molecule has 0 spiro atoms. The zero-order valence-corrected chi connectivity index (χ0v) is 23.1. The van der Waals surface area contributed by atoms with Gasteiger partial charge in [-0.25, -0.2) is 23.5 Å². The van der Waals surface area contributed by atoms with Crippen LogP contribution in [0.25, 0.3) is 22.3 Å². The van der Waals surface area contributed by atoms with Crippen LogP contribution in [0.4, 0.5) is 8.78 Å². The largest absolute Gasteiger partial charge is 0.478 e. The molecule has 42 heavy (non-hydrogen) atoms. The average Bonchev–Trinajstić information content (AvgIpc) is 3.31. The number of thioether (sulfide) groups is 1. The second-order valence-corrected chi connectivity index (χ2v) is 11.4. The van der Waals surface area contributed by atoms with E-state index in [1.54, 1.807) is 42.5 Å². The van der Waals surface area contributed by atoms with Crippen LogP contribution >= 0.6 is 11.8 Å². The summed E-state index contributed by atoms with van der Waals surface area (Å²) < 4.78 is 37.4. The SMILES string of the molecule is N#Cc1ccc(COc2cccc(-c3ccc(Cc4nc5ccc(C(=O)O)cc5n4CC4CCS4)c(F)c3)n2)c(F)c1. The Bertz CT molecular complexity index is 1860. The predicted octanol–water partition coefficient (Wildman–Crippen LogP) is 6.62. The third-order valence-corrected chi connectivity index (χ3v) is 8.56. The number of benzene rings is 3. The van der Waals surface area contributed by atoms with Gasteiger partial charge in [-0.3, -0.25) is 0 Å². The van der Waals surface area contributed by atoms with Gasteiger partial charge < -0.3 is 14.4 Å². The summed E-state index contributed by atoms with van der Waals surface area (Å²) in [7, 11) is 0. The standard InChI is InChI=1S/C32H24F2N4O3S/c33-25-12-19(16-35)4-5-23(25)18-41-31-3-1-2-27(37-31)21-7-6-20(26(34)13-21)15-30-36-28-9-8-22(32(39)40)14-29(28)38(30)17-24-10-11-42-24/h1-9,12-14,24H,10-11,15,17-18H2,(H,39,40). The third-order valence-electron chi connectivity index (χ3n) is 7.23. The van der Waals surface area contributed by atoms with Crippen LogP contribution in [0, 0.1) is 23.0 Å². The van der Waals surface area contributed by atoms with Crippen LogP contribution < -0.4 is 4.74 Å². The van der Waals surface area contributed by atoms with Crippen molar-refractivity contribution in [2.45, 2.75) is 31.2 Å². The summed E-state index contributed by atoms with van der Waals surface area (Å²) in [4.78, 5) is 20.8. The third kappa shape index (κ3) is 5.69. The van der Waals surface area contributed by atoms with E-state index in [4.69, 9.17) is 15.0 Å². The molecule has 3 aromatic carbocycles. The number of pyridine rings is 1. The minimum absolute atomic E-state index is 0.0738. The number of aromatic nitrogens is 3. The molecule has 1 saturated heterocycles. The second-order valence-electron chi connectivity index (χ2n) is 9.98. The number of carboxylic acid groups (broad SMARTS) is 1. The van der Waals surface area contributed by atoms with Gasteiger partial charge in [0.2, 0.25) is 5.88 Å². The van der Waals surface area contributed by atoms with Crippen molar-refractivity contribution in [3.05, 3.63) is 113 Å². The maximum Gasteiger partial charge on any atom is 0.335 e. The summed E-state index contributed by atoms with van der Waals surface area (Å²) in [5.74, 6) is 0.0679. The summed E-state index contributed by atoms with van der Waals surface area (Å²) in [6, 6.07) is 20.9. The molecule has 3 heterocycles. The summed E-state index contributed by atoms with van der Waals surface area (Å²) in [5, 5.41) is 18.8. The first-order chi connectivity index (χ1) is 20.4. The van der Waals surface area contributed by atoms with Crippen molar-refractivity contribution in [1.82, 2.24) is 14.5 Å². The van der Waals surface area contributed by atoms with E-state index in [9.17, 15) is 14.3 Å². The number of ether oxygens (including phenoxy) is 1. The fourth-order valence-corrected chi connectivity index (χ4v) is 5.66. The molecule has 0 bridgehead atoms. The van der Waals surface area contributed by atoms with Gasteiger partial charge in [-0.05, 0) is 60.2 Å². The highest BCUT2D eigenvalue weighted by atomic mass is 32.2. The molecular weight excluding hydrogens is 558 g/mol. The fraction of sp³-hybridized carbons (Fsp3) is 0.188. The monoisotopic (exact) mass is 582 g/mol. The summed E-state index contributed by atoms with van der Waals surface area (Å²) in [6.45, 7) is 0.609. The Labute approximate surface area is 244 Å². The van der Waals surface area contributed by atoms with Crippen LogP contribution in [0.1, 0.15) is 39.3 Å². The van der Waals surface area contributed by atoms with Crippen LogP contribution in [0.5, 0.6) is 5.88 Å². The zero-order chi connectivity index (χ0) is 29.2. The van der Waals surface area contributed by atoms with Gasteiger partial charge in [0.15, 0.2) is 0 Å². The van der Waals surface area contributed by atoms with E-state index < -0.39 is 17.6 Å². The average molecular weight is 583 g/mol. The van der Waals surface area contributed by atoms with E-state index in [1.165, 1.54) is 24.3 Å². The Kier molecular flexibility index (Phi) is 7.59. The van der Waals surface area contributed by atoms with Gasteiger partial charge in [-0.2, -0.15) is 17.0 Å². The number of carbonyl (C=O) groups is 1. The van der Waals surface area contributed by atoms with E-state index in [-0.39, 0.29) is 35.6 Å². The maximum atomic E-state index is 15.5. The lowest BCUT2D eigenvalue weighted by atomic mass is 10.1. The van der Waals surface area contributed by atoms with Gasteiger partial charge in [0, 0.05) is 35.4 Å². The first kappa shape index (κ1) is 27.4. The molecule has 1 atom stereocenters. The lowest BCUT2D eigenvalue weighted by Gasteiger charge is -2.26. The lowest BCUT2D eigenvalue weighted by Crippen LogP contribution is -2.23. The summed E-state index contributed by atoms with van der Waals surface area (Å²) >= 11 is 1.86. The van der Waals surface area contributed by atoms with Gasteiger partial charge in [-0.15, -0.1) is 0 Å². The number of hydrogen-bond donors (Lipinski definition) is 1. The number of carboxylic acids is 1. The van der Waals surface area contributed by atoms with Crippen molar-refractivity contribution < 1.29 is 23.4 Å². The lowest BCUT2D eigenvalue weighted by molar-refractivity contribution is 0.0697. The topological polar surface area (TPSA) is 101 Å².